The van der Waals surface area contributed by atoms with E-state index in [1.807, 2.05) is 24.3 Å². The summed E-state index contributed by atoms with van der Waals surface area (Å²) in [5.41, 5.74) is 0.280. The lowest BCUT2D eigenvalue weighted by molar-refractivity contribution is -0.389. The average molecular weight is 534 g/mol. The second kappa shape index (κ2) is 10.8. The van der Waals surface area contributed by atoms with Gasteiger partial charge in [0.25, 0.3) is 0 Å². The minimum atomic E-state index is -4.41. The zero-order chi connectivity index (χ0) is 26.7. The minimum absolute atomic E-state index is 0.196. The second-order valence-electron chi connectivity index (χ2n) is 9.29. The number of benzene rings is 1. The van der Waals surface area contributed by atoms with E-state index >= 15 is 0 Å². The molecule has 0 aliphatic carbocycles. The summed E-state index contributed by atoms with van der Waals surface area (Å²) in [5, 5.41) is 10.9. The molecule has 4 heterocycles. The smallest absolute Gasteiger partial charge is 0.417 e. The molecule has 10 nitrogen and oxygen atoms in total. The molecule has 2 aromatic heterocycles. The van der Waals surface area contributed by atoms with Crippen molar-refractivity contribution in [1.29, 1.82) is 0 Å². The van der Waals surface area contributed by atoms with Crippen molar-refractivity contribution in [2.75, 3.05) is 31.2 Å². The van der Waals surface area contributed by atoms with Crippen molar-refractivity contribution in [2.24, 2.45) is 5.92 Å². The highest BCUT2D eigenvalue weighted by Crippen LogP contribution is 2.30. The van der Waals surface area contributed by atoms with Gasteiger partial charge >= 0.3 is 18.0 Å². The summed E-state index contributed by atoms with van der Waals surface area (Å²) in [5.74, 6) is 0.959. The fourth-order valence-electron chi connectivity index (χ4n) is 4.47. The Kier molecular flexibility index (Phi) is 7.25. The van der Waals surface area contributed by atoms with E-state index in [9.17, 15) is 23.3 Å². The zero-order valence-corrected chi connectivity index (χ0v) is 20.3. The van der Waals surface area contributed by atoms with Gasteiger partial charge in [-0.1, -0.05) is 0 Å². The number of nitrogens with zero attached hydrogens (tertiary/aromatic N) is 5. The maximum absolute atomic E-state index is 12.7. The number of nitro groups is 1. The van der Waals surface area contributed by atoms with E-state index in [0.29, 0.717) is 37.8 Å². The van der Waals surface area contributed by atoms with E-state index in [2.05, 4.69) is 14.9 Å². The van der Waals surface area contributed by atoms with Gasteiger partial charge in [0.05, 0.1) is 12.2 Å². The topological polar surface area (TPSA) is 105 Å². The number of rotatable bonds is 8. The summed E-state index contributed by atoms with van der Waals surface area (Å²) in [6.07, 6.45) is -0.0495. The fraction of sp³-hybridized carbons (Fsp3) is 0.440. The van der Waals surface area contributed by atoms with E-state index in [0.717, 1.165) is 43.9 Å². The first-order valence-corrected chi connectivity index (χ1v) is 12.3. The molecular formula is C25H26F3N5O5. The third-order valence-electron chi connectivity index (χ3n) is 6.66. The molecule has 1 fully saturated rings. The van der Waals surface area contributed by atoms with E-state index in [1.165, 1.54) is 12.3 Å². The van der Waals surface area contributed by atoms with Crippen LogP contribution < -0.4 is 19.1 Å². The molecule has 0 unspecified atom stereocenters. The number of aromatic nitrogens is 3. The molecule has 2 aliphatic heterocycles. The Balaban J connectivity index is 1.04. The number of pyridine rings is 1. The molecule has 0 saturated carbocycles. The van der Waals surface area contributed by atoms with Crippen LogP contribution in [0.3, 0.4) is 0 Å². The van der Waals surface area contributed by atoms with Gasteiger partial charge < -0.3 is 29.2 Å². The van der Waals surface area contributed by atoms with Gasteiger partial charge in [-0.05, 0) is 54.0 Å². The highest BCUT2D eigenvalue weighted by atomic mass is 19.4. The number of ether oxygens (including phenoxy) is 3. The van der Waals surface area contributed by atoms with Crippen molar-refractivity contribution in [3.8, 4) is 17.6 Å². The largest absolute Gasteiger partial charge is 0.490 e. The van der Waals surface area contributed by atoms with Crippen LogP contribution in [-0.2, 0) is 12.7 Å². The summed E-state index contributed by atoms with van der Waals surface area (Å²) >= 11 is 0. The number of hydrogen-bond acceptors (Lipinski definition) is 8. The van der Waals surface area contributed by atoms with Gasteiger partial charge in [0.15, 0.2) is 0 Å². The summed E-state index contributed by atoms with van der Waals surface area (Å²) in [4.78, 5) is 20.3. The summed E-state index contributed by atoms with van der Waals surface area (Å²) < 4.78 is 56.8. The standard InChI is InChI=1S/C25H26F3N5O5/c26-25(27,28)18-1-6-23(29-13-18)37-15-17-7-10-31(11-8-17)19-2-4-20(5-3-19)36-16-21-9-12-32-14-22(33(34)35)30-24(32)38-21/h1-6,13-14,17,21H,7-12,15-16H2/t21-/m1/s1. The van der Waals surface area contributed by atoms with Crippen molar-refractivity contribution in [3.63, 3.8) is 0 Å². The lowest BCUT2D eigenvalue weighted by Gasteiger charge is -2.33. The maximum Gasteiger partial charge on any atom is 0.417 e. The first-order valence-electron chi connectivity index (χ1n) is 12.3. The van der Waals surface area contributed by atoms with Gasteiger partial charge in [0, 0.05) is 49.0 Å². The average Bonchev–Trinajstić information content (AvgIpc) is 3.35. The third kappa shape index (κ3) is 6.09. The molecule has 0 amide bonds. The SMILES string of the molecule is O=[N+]([O-])c1cn2c(n1)O[C@@H](COc1ccc(N3CCC(COc4ccc(C(F)(F)F)cn4)CC3)cc1)CC2. The van der Waals surface area contributed by atoms with Crippen LogP contribution in [0.1, 0.15) is 24.8 Å². The molecule has 5 rings (SSSR count). The third-order valence-corrected chi connectivity index (χ3v) is 6.66. The highest BCUT2D eigenvalue weighted by Gasteiger charge is 2.31. The molecule has 1 aromatic carbocycles. The van der Waals surface area contributed by atoms with E-state index in [1.54, 1.807) is 4.57 Å². The predicted molar refractivity (Wildman–Crippen MR) is 130 cm³/mol. The van der Waals surface area contributed by atoms with Crippen molar-refractivity contribution < 1.29 is 32.3 Å². The maximum atomic E-state index is 12.7. The summed E-state index contributed by atoms with van der Waals surface area (Å²) in [6, 6.07) is 10.3. The molecule has 0 radical (unpaired) electrons. The molecule has 38 heavy (non-hydrogen) atoms. The molecule has 2 aliphatic rings. The van der Waals surface area contributed by atoms with Gasteiger partial charge in [-0.3, -0.25) is 4.57 Å². The zero-order valence-electron chi connectivity index (χ0n) is 20.3. The minimum Gasteiger partial charge on any atom is -0.490 e. The Labute approximate surface area is 216 Å². The summed E-state index contributed by atoms with van der Waals surface area (Å²) in [6.45, 7) is 2.96. The molecule has 13 heteroatoms. The number of piperidine rings is 1. The monoisotopic (exact) mass is 533 g/mol. The molecule has 1 atom stereocenters. The molecule has 0 spiro atoms. The molecule has 202 valence electrons. The van der Waals surface area contributed by atoms with Crippen LogP contribution in [-0.4, -0.2) is 51.9 Å². The Hall–Kier alpha value is -4.03. The molecule has 0 bridgehead atoms. The van der Waals surface area contributed by atoms with E-state index in [-0.39, 0.29) is 23.8 Å². The highest BCUT2D eigenvalue weighted by molar-refractivity contribution is 5.49. The van der Waals surface area contributed by atoms with Crippen LogP contribution in [0.15, 0.2) is 48.8 Å². The van der Waals surface area contributed by atoms with Gasteiger partial charge in [0.1, 0.15) is 24.7 Å². The number of anilines is 1. The molecule has 3 aromatic rings. The number of halogens is 3. The second-order valence-corrected chi connectivity index (χ2v) is 9.29. The normalized spacial score (nSPS) is 18.0. The first-order chi connectivity index (χ1) is 18.2. The molecule has 1 saturated heterocycles. The van der Waals surface area contributed by atoms with Crippen molar-refractivity contribution in [3.05, 3.63) is 64.5 Å². The van der Waals surface area contributed by atoms with E-state index < -0.39 is 16.7 Å². The van der Waals surface area contributed by atoms with Gasteiger partial charge in [-0.25, -0.2) is 4.98 Å². The lowest BCUT2D eigenvalue weighted by Crippen LogP contribution is -2.35. The van der Waals surface area contributed by atoms with Crippen molar-refractivity contribution in [1.82, 2.24) is 14.5 Å². The van der Waals surface area contributed by atoms with Gasteiger partial charge in [-0.2, -0.15) is 13.2 Å². The lowest BCUT2D eigenvalue weighted by atomic mass is 9.97. The number of imidazole rings is 1. The fourth-order valence-corrected chi connectivity index (χ4v) is 4.47. The van der Waals surface area contributed by atoms with Crippen LogP contribution in [0, 0.1) is 16.0 Å². The first kappa shape index (κ1) is 25.6. The number of alkyl halides is 3. The van der Waals surface area contributed by atoms with Crippen LogP contribution in [0.4, 0.5) is 24.7 Å². The number of hydrogen-bond donors (Lipinski definition) is 0. The Morgan fingerprint density at radius 1 is 1.03 bits per heavy atom. The summed E-state index contributed by atoms with van der Waals surface area (Å²) in [7, 11) is 0. The van der Waals surface area contributed by atoms with E-state index in [4.69, 9.17) is 14.2 Å². The van der Waals surface area contributed by atoms with Crippen LogP contribution >= 0.6 is 0 Å². The Morgan fingerprint density at radius 3 is 2.45 bits per heavy atom. The quantitative estimate of drug-likeness (QED) is 0.302. The number of aryl methyl sites for hydroxylation is 1. The van der Waals surface area contributed by atoms with Gasteiger partial charge in [0.2, 0.25) is 5.88 Å². The predicted octanol–water partition coefficient (Wildman–Crippen LogP) is 4.73. The van der Waals surface area contributed by atoms with Crippen LogP contribution in [0.5, 0.6) is 17.6 Å². The van der Waals surface area contributed by atoms with Crippen LogP contribution in [0.25, 0.3) is 0 Å². The van der Waals surface area contributed by atoms with Gasteiger partial charge in [-0.15, -0.1) is 0 Å². The Morgan fingerprint density at radius 2 is 1.79 bits per heavy atom. The Bertz CT molecular complexity index is 1240. The van der Waals surface area contributed by atoms with Crippen molar-refractivity contribution >= 4 is 11.5 Å². The van der Waals surface area contributed by atoms with Crippen molar-refractivity contribution in [2.45, 2.75) is 38.1 Å². The molecular weight excluding hydrogens is 507 g/mol. The van der Waals surface area contributed by atoms with Crippen LogP contribution in [0.2, 0.25) is 0 Å². The number of fused-ring (bicyclic) bond motifs is 1. The molecule has 0 N–H and O–H groups in total.